The third-order valence-electron chi connectivity index (χ3n) is 4.52. The first-order chi connectivity index (χ1) is 13.4. The zero-order valence-corrected chi connectivity index (χ0v) is 18.2. The molecular weight excluding hydrogens is 445 g/mol. The Balaban J connectivity index is 1.96. The predicted molar refractivity (Wildman–Crippen MR) is 114 cm³/mol. The van der Waals surface area contributed by atoms with Crippen LogP contribution < -0.4 is 0 Å². The monoisotopic (exact) mass is 465 g/mol. The molecule has 0 unspecified atom stereocenters. The summed E-state index contributed by atoms with van der Waals surface area (Å²) in [6.07, 6.45) is 1.76. The van der Waals surface area contributed by atoms with Gasteiger partial charge in [-0.2, -0.15) is 0 Å². The molecule has 0 radical (unpaired) electrons. The molecule has 0 atom stereocenters. The fourth-order valence-electron chi connectivity index (χ4n) is 3.24. The van der Waals surface area contributed by atoms with Crippen LogP contribution in [0.1, 0.15) is 42.9 Å². The van der Waals surface area contributed by atoms with Gasteiger partial charge in [-0.1, -0.05) is 25.4 Å². The SMILES string of the molecule is CCCN(Cc1nc2ccc(Cl)cc2n1CCC)C(=O)c1ccc(F)c(Br)c1. The highest BCUT2D eigenvalue weighted by atomic mass is 79.9. The summed E-state index contributed by atoms with van der Waals surface area (Å²) in [5.41, 5.74) is 2.28. The summed E-state index contributed by atoms with van der Waals surface area (Å²) in [5, 5.41) is 0.661. The van der Waals surface area contributed by atoms with E-state index in [2.05, 4.69) is 27.4 Å². The van der Waals surface area contributed by atoms with E-state index in [4.69, 9.17) is 16.6 Å². The molecule has 1 aromatic heterocycles. The molecule has 1 amide bonds. The maximum atomic E-state index is 13.6. The number of aryl methyl sites for hydroxylation is 1. The molecule has 7 heteroatoms. The molecule has 0 bridgehead atoms. The largest absolute Gasteiger partial charge is 0.331 e. The molecule has 0 saturated heterocycles. The van der Waals surface area contributed by atoms with Crippen molar-refractivity contribution in [2.24, 2.45) is 0 Å². The molecular formula is C21H22BrClFN3O. The zero-order chi connectivity index (χ0) is 20.3. The molecule has 2 aromatic carbocycles. The van der Waals surface area contributed by atoms with Crippen LogP contribution in [-0.2, 0) is 13.1 Å². The summed E-state index contributed by atoms with van der Waals surface area (Å²) >= 11 is 9.33. The second-order valence-corrected chi connectivity index (χ2v) is 7.96. The number of hydrogen-bond donors (Lipinski definition) is 0. The summed E-state index contributed by atoms with van der Waals surface area (Å²) in [7, 11) is 0. The summed E-state index contributed by atoms with van der Waals surface area (Å²) in [6, 6.07) is 9.97. The van der Waals surface area contributed by atoms with E-state index in [-0.39, 0.29) is 16.2 Å². The van der Waals surface area contributed by atoms with E-state index in [1.165, 1.54) is 18.2 Å². The van der Waals surface area contributed by atoms with Gasteiger partial charge in [-0.05, 0) is 65.2 Å². The number of imidazole rings is 1. The van der Waals surface area contributed by atoms with Gasteiger partial charge in [0.25, 0.3) is 5.91 Å². The minimum Gasteiger partial charge on any atom is -0.331 e. The first-order valence-electron chi connectivity index (χ1n) is 9.33. The van der Waals surface area contributed by atoms with Crippen molar-refractivity contribution >= 4 is 44.5 Å². The smallest absolute Gasteiger partial charge is 0.254 e. The third kappa shape index (κ3) is 4.39. The first kappa shape index (κ1) is 20.8. The molecule has 0 N–H and O–H groups in total. The Bertz CT molecular complexity index is 1000. The quantitative estimate of drug-likeness (QED) is 0.425. The minimum absolute atomic E-state index is 0.143. The zero-order valence-electron chi connectivity index (χ0n) is 15.9. The Morgan fingerprint density at radius 3 is 2.68 bits per heavy atom. The number of carbonyl (C=O) groups is 1. The number of fused-ring (bicyclic) bond motifs is 1. The van der Waals surface area contributed by atoms with Gasteiger partial charge in [-0.25, -0.2) is 9.37 Å². The highest BCUT2D eigenvalue weighted by Crippen LogP contribution is 2.23. The predicted octanol–water partition coefficient (Wildman–Crippen LogP) is 6.05. The van der Waals surface area contributed by atoms with Gasteiger partial charge in [0.15, 0.2) is 0 Å². The van der Waals surface area contributed by atoms with Crippen molar-refractivity contribution in [1.82, 2.24) is 14.5 Å². The Hall–Kier alpha value is -1.92. The summed E-state index contributed by atoms with van der Waals surface area (Å²) in [4.78, 5) is 19.6. The van der Waals surface area contributed by atoms with Crippen LogP contribution >= 0.6 is 27.5 Å². The van der Waals surface area contributed by atoms with Crippen LogP contribution in [-0.4, -0.2) is 26.9 Å². The van der Waals surface area contributed by atoms with Crippen LogP contribution in [0.3, 0.4) is 0 Å². The van der Waals surface area contributed by atoms with Gasteiger partial charge in [-0.3, -0.25) is 4.79 Å². The normalized spacial score (nSPS) is 11.2. The topological polar surface area (TPSA) is 38.1 Å². The van der Waals surface area contributed by atoms with Crippen LogP contribution in [0.4, 0.5) is 4.39 Å². The van der Waals surface area contributed by atoms with Gasteiger partial charge < -0.3 is 9.47 Å². The first-order valence-corrected chi connectivity index (χ1v) is 10.5. The van der Waals surface area contributed by atoms with Crippen LogP contribution in [0.5, 0.6) is 0 Å². The lowest BCUT2D eigenvalue weighted by atomic mass is 10.2. The molecule has 3 aromatic rings. The van der Waals surface area contributed by atoms with Crippen LogP contribution in [0, 0.1) is 5.82 Å². The van der Waals surface area contributed by atoms with Gasteiger partial charge in [-0.15, -0.1) is 0 Å². The van der Waals surface area contributed by atoms with Crippen molar-refractivity contribution in [3.63, 3.8) is 0 Å². The fourth-order valence-corrected chi connectivity index (χ4v) is 3.79. The molecule has 28 heavy (non-hydrogen) atoms. The van der Waals surface area contributed by atoms with Crippen molar-refractivity contribution in [3.05, 3.63) is 63.1 Å². The number of nitrogens with zero attached hydrogens (tertiary/aromatic N) is 3. The lowest BCUT2D eigenvalue weighted by molar-refractivity contribution is 0.0737. The van der Waals surface area contributed by atoms with Gasteiger partial charge in [0.1, 0.15) is 11.6 Å². The lowest BCUT2D eigenvalue weighted by Crippen LogP contribution is -2.32. The molecule has 0 aliphatic heterocycles. The fraction of sp³-hybridized carbons (Fsp3) is 0.333. The number of halogens is 3. The van der Waals surface area contributed by atoms with E-state index in [1.54, 1.807) is 4.90 Å². The average molecular weight is 467 g/mol. The number of carbonyl (C=O) groups excluding carboxylic acids is 1. The van der Waals surface area contributed by atoms with E-state index < -0.39 is 0 Å². The van der Waals surface area contributed by atoms with Crippen LogP contribution in [0.25, 0.3) is 11.0 Å². The van der Waals surface area contributed by atoms with Crippen molar-refractivity contribution in [2.45, 2.75) is 39.8 Å². The second kappa shape index (κ2) is 9.05. The van der Waals surface area contributed by atoms with E-state index in [1.807, 2.05) is 25.1 Å². The van der Waals surface area contributed by atoms with Crippen LogP contribution in [0.2, 0.25) is 5.02 Å². The van der Waals surface area contributed by atoms with E-state index in [0.717, 1.165) is 36.2 Å². The Labute approximate surface area is 177 Å². The maximum absolute atomic E-state index is 13.6. The highest BCUT2D eigenvalue weighted by Gasteiger charge is 2.20. The highest BCUT2D eigenvalue weighted by molar-refractivity contribution is 9.10. The molecule has 1 heterocycles. The number of amides is 1. The second-order valence-electron chi connectivity index (χ2n) is 6.67. The Morgan fingerprint density at radius 1 is 1.21 bits per heavy atom. The van der Waals surface area contributed by atoms with Crippen molar-refractivity contribution in [2.75, 3.05) is 6.54 Å². The molecule has 3 rings (SSSR count). The van der Waals surface area contributed by atoms with Crippen molar-refractivity contribution in [3.8, 4) is 0 Å². The standard InChI is InChI=1S/C21H22BrClFN3O/c1-3-9-26(21(28)14-5-7-17(24)16(22)11-14)13-20-25-18-8-6-15(23)12-19(18)27(20)10-4-2/h5-8,11-12H,3-4,9-10,13H2,1-2H3. The van der Waals surface area contributed by atoms with Gasteiger partial charge >= 0.3 is 0 Å². The van der Waals surface area contributed by atoms with Gasteiger partial charge in [0.2, 0.25) is 0 Å². The molecule has 0 spiro atoms. The Morgan fingerprint density at radius 2 is 2.00 bits per heavy atom. The number of hydrogen-bond acceptors (Lipinski definition) is 2. The van der Waals surface area contributed by atoms with E-state index in [0.29, 0.717) is 23.7 Å². The molecule has 0 saturated carbocycles. The molecule has 0 aliphatic carbocycles. The molecule has 148 valence electrons. The summed E-state index contributed by atoms with van der Waals surface area (Å²) in [6.45, 7) is 5.89. The van der Waals surface area contributed by atoms with Gasteiger partial charge in [0.05, 0.1) is 22.1 Å². The lowest BCUT2D eigenvalue weighted by Gasteiger charge is -2.22. The third-order valence-corrected chi connectivity index (χ3v) is 5.36. The number of rotatable bonds is 7. The maximum Gasteiger partial charge on any atom is 0.254 e. The van der Waals surface area contributed by atoms with Crippen molar-refractivity contribution in [1.29, 1.82) is 0 Å². The summed E-state index contributed by atoms with van der Waals surface area (Å²) < 4.78 is 16.0. The minimum atomic E-state index is -0.389. The number of benzene rings is 2. The number of aromatic nitrogens is 2. The molecule has 0 fully saturated rings. The van der Waals surface area contributed by atoms with E-state index >= 15 is 0 Å². The summed E-state index contributed by atoms with van der Waals surface area (Å²) in [5.74, 6) is 0.290. The average Bonchev–Trinajstić information content (AvgIpc) is 3.00. The Kier molecular flexibility index (Phi) is 6.73. The molecule has 4 nitrogen and oxygen atoms in total. The van der Waals surface area contributed by atoms with E-state index in [9.17, 15) is 9.18 Å². The van der Waals surface area contributed by atoms with Crippen LogP contribution in [0.15, 0.2) is 40.9 Å². The van der Waals surface area contributed by atoms with Crippen molar-refractivity contribution < 1.29 is 9.18 Å². The molecule has 0 aliphatic rings. The van der Waals surface area contributed by atoms with Gasteiger partial charge in [0, 0.05) is 23.7 Å².